The predicted octanol–water partition coefficient (Wildman–Crippen LogP) is 7.29. The van der Waals surface area contributed by atoms with Gasteiger partial charge in [0.25, 0.3) is 15.9 Å². The molecule has 0 amide bonds. The van der Waals surface area contributed by atoms with Crippen LogP contribution in [0.3, 0.4) is 0 Å². The molecule has 24 heteroatoms. The van der Waals surface area contributed by atoms with E-state index in [1.165, 1.54) is 63.3 Å². The van der Waals surface area contributed by atoms with Crippen molar-refractivity contribution in [2.24, 2.45) is 0 Å². The molecule has 0 aliphatic heterocycles. The molecular formula is C52H52ClKN10O10S2. The predicted molar refractivity (Wildman–Crippen MR) is 281 cm³/mol. The van der Waals surface area contributed by atoms with E-state index in [1.807, 2.05) is 41.5 Å². The van der Waals surface area contributed by atoms with Gasteiger partial charge < -0.3 is 38.5 Å². The number of anilines is 1. The van der Waals surface area contributed by atoms with Crippen LogP contribution in [-0.2, 0) is 30.9 Å². The molecule has 4 heterocycles. The second-order valence-electron chi connectivity index (χ2n) is 18.0. The van der Waals surface area contributed by atoms with Crippen molar-refractivity contribution in [2.45, 2.75) is 62.2 Å². The van der Waals surface area contributed by atoms with Crippen molar-refractivity contribution >= 4 is 43.3 Å². The van der Waals surface area contributed by atoms with Crippen molar-refractivity contribution in [3.63, 3.8) is 0 Å². The van der Waals surface area contributed by atoms with E-state index < -0.39 is 20.0 Å². The molecule has 0 saturated heterocycles. The Morgan fingerprint density at radius 3 is 1.47 bits per heavy atom. The Kier molecular flexibility index (Phi) is 19.8. The summed E-state index contributed by atoms with van der Waals surface area (Å²) in [7, 11) is -5.38. The van der Waals surface area contributed by atoms with Gasteiger partial charge in [0.2, 0.25) is 21.6 Å². The number of hydrogen-bond acceptors (Lipinski definition) is 18. The average Bonchev–Trinajstić information content (AvgIpc) is 3.40. The second kappa shape index (κ2) is 25.6. The smallest absolute Gasteiger partial charge is 0.493 e. The largest absolute Gasteiger partial charge is 1.00 e. The first-order chi connectivity index (χ1) is 35.7. The summed E-state index contributed by atoms with van der Waals surface area (Å²) in [6, 6.07) is 29.9. The van der Waals surface area contributed by atoms with Crippen molar-refractivity contribution in [3.8, 4) is 63.7 Å². The van der Waals surface area contributed by atoms with Crippen molar-refractivity contribution in [2.75, 3.05) is 32.2 Å². The number of aromatic nitrogens is 8. The van der Waals surface area contributed by atoms with Crippen molar-refractivity contribution in [1.29, 1.82) is 0 Å². The van der Waals surface area contributed by atoms with Crippen molar-refractivity contribution in [3.05, 3.63) is 155 Å². The minimum absolute atomic E-state index is 0. The summed E-state index contributed by atoms with van der Waals surface area (Å²) in [6.45, 7) is 11.7. The van der Waals surface area contributed by atoms with Crippen LogP contribution in [0.25, 0.3) is 28.0 Å². The molecule has 0 bridgehead atoms. The van der Waals surface area contributed by atoms with E-state index in [1.54, 1.807) is 84.9 Å². The van der Waals surface area contributed by atoms with Gasteiger partial charge in [-0.05, 0) is 82.6 Å². The van der Waals surface area contributed by atoms with E-state index in [-0.39, 0.29) is 148 Å². The maximum atomic E-state index is 13.4. The van der Waals surface area contributed by atoms with Crippen LogP contribution in [0, 0.1) is 0 Å². The van der Waals surface area contributed by atoms with Gasteiger partial charge in [-0.25, -0.2) is 51.7 Å². The fraction of sp³-hybridized carbons (Fsp3) is 0.231. The zero-order valence-electron chi connectivity index (χ0n) is 43.0. The Morgan fingerprint density at radius 2 is 1.01 bits per heavy atom. The van der Waals surface area contributed by atoms with Gasteiger partial charge in [0.15, 0.2) is 51.4 Å². The van der Waals surface area contributed by atoms with E-state index in [9.17, 15) is 21.9 Å². The van der Waals surface area contributed by atoms with Crippen LogP contribution in [0.5, 0.6) is 40.4 Å². The first-order valence-electron chi connectivity index (χ1n) is 22.8. The Morgan fingerprint density at radius 1 is 0.566 bits per heavy atom. The van der Waals surface area contributed by atoms with Gasteiger partial charge in [0.1, 0.15) is 12.4 Å². The van der Waals surface area contributed by atoms with Crippen molar-refractivity contribution < 1.29 is 97.0 Å². The fourth-order valence-electron chi connectivity index (χ4n) is 6.66. The molecule has 0 aliphatic rings. The standard InChI is InChI=1S/C27H28N5O6S.C25H24ClN5O4S.K/c1-27(2,3)18-10-12-19(13-11-18)39(34,35)32-23-22(38-21-9-6-5-8-20(21)36-4)26(37-17-16-33)31-25(30-23)24-28-14-7-15-29-24;1-25(2,3)16-10-12-17(13-11-16)36(32,33)31-22-20(35-19-9-6-5-8-18(19)34-4)21(26)29-24(30-22)23-27-14-7-15-28-23;/h5-15,33H,16-17H2,1-4H3;5-15H,1-4H3,(H,29,30,31);/q-1;;+1. The van der Waals surface area contributed by atoms with Crippen LogP contribution in [-0.4, -0.2) is 89.2 Å². The van der Waals surface area contributed by atoms with Gasteiger partial charge >= 0.3 is 51.4 Å². The van der Waals surface area contributed by atoms with Crippen LogP contribution >= 0.6 is 11.6 Å². The number of ether oxygens (including phenoxy) is 5. The number of nitrogens with one attached hydrogen (secondary N) is 1. The van der Waals surface area contributed by atoms with Crippen molar-refractivity contribution in [1.82, 2.24) is 39.9 Å². The third kappa shape index (κ3) is 14.9. The summed E-state index contributed by atoms with van der Waals surface area (Å²) < 4.78 is 88.4. The maximum Gasteiger partial charge on any atom is 1.00 e. The first kappa shape index (κ1) is 58.8. The van der Waals surface area contributed by atoms with Crippen LogP contribution in [0.2, 0.25) is 5.15 Å². The Hall–Kier alpha value is -6.41. The Labute approximate surface area is 488 Å². The molecule has 20 nitrogen and oxygen atoms in total. The van der Waals surface area contributed by atoms with Gasteiger partial charge in [-0.3, -0.25) is 4.72 Å². The van der Waals surface area contributed by atoms with Crippen LogP contribution < -0.4 is 79.8 Å². The molecule has 4 aromatic carbocycles. The molecule has 4 aromatic heterocycles. The number of halogens is 1. The molecular weight excluding hydrogens is 1060 g/mol. The number of sulfonamides is 2. The van der Waals surface area contributed by atoms with E-state index in [2.05, 4.69) is 49.3 Å². The molecule has 0 atom stereocenters. The summed E-state index contributed by atoms with van der Waals surface area (Å²) in [5, 5.41) is 9.25. The number of para-hydroxylation sites is 4. The van der Waals surface area contributed by atoms with Gasteiger partial charge in [-0.15, -0.1) is 0 Å². The summed E-state index contributed by atoms with van der Waals surface area (Å²) in [5.74, 6) is 0.590. The van der Waals surface area contributed by atoms with E-state index >= 15 is 0 Å². The van der Waals surface area contributed by atoms with E-state index in [0.717, 1.165) is 11.1 Å². The number of methoxy groups -OCH3 is 2. The number of benzene rings is 4. The molecule has 0 unspecified atom stereocenters. The minimum Gasteiger partial charge on any atom is -0.493 e. The minimum atomic E-state index is -4.26. The third-order valence-electron chi connectivity index (χ3n) is 10.6. The summed E-state index contributed by atoms with van der Waals surface area (Å²) >= 11 is 6.47. The van der Waals surface area contributed by atoms with Crippen LogP contribution in [0.1, 0.15) is 52.7 Å². The molecule has 0 radical (unpaired) electrons. The Balaban J connectivity index is 0.000000244. The maximum absolute atomic E-state index is 13.4. The second-order valence-corrected chi connectivity index (χ2v) is 21.6. The zero-order valence-corrected chi connectivity index (χ0v) is 48.5. The third-order valence-corrected chi connectivity index (χ3v) is 13.4. The van der Waals surface area contributed by atoms with Gasteiger partial charge in [-0.2, -0.15) is 0 Å². The zero-order chi connectivity index (χ0) is 54.0. The molecule has 8 aromatic rings. The van der Waals surface area contributed by atoms with Gasteiger partial charge in [-0.1, -0.05) is 102 Å². The molecule has 2 N–H and O–H groups in total. The average molecular weight is 1120 g/mol. The van der Waals surface area contributed by atoms with Gasteiger partial charge in [0, 0.05) is 30.6 Å². The Bertz CT molecular complexity index is 3470. The normalized spacial score (nSPS) is 11.5. The number of hydrogen-bond donors (Lipinski definition) is 2. The number of rotatable bonds is 17. The topological polar surface area (TPSA) is 264 Å². The molecule has 0 spiro atoms. The van der Waals surface area contributed by atoms with Gasteiger partial charge in [0.05, 0.1) is 30.6 Å². The molecule has 0 aliphatic carbocycles. The summed E-state index contributed by atoms with van der Waals surface area (Å²) in [6.07, 6.45) is 6.01. The van der Waals surface area contributed by atoms with Crippen LogP contribution in [0.15, 0.2) is 144 Å². The SMILES string of the molecule is COc1ccccc1Oc1c(Cl)nc(-c2ncccn2)nc1NS(=O)(=O)c1ccc(C(C)(C)C)cc1.COc1ccccc1Oc1c([N-]S(=O)(=O)c2ccc(C(C)(C)C)cc2)nc(-c2ncccn2)nc1OCCO.[K+]. The van der Waals surface area contributed by atoms with Crippen LogP contribution in [0.4, 0.5) is 11.6 Å². The molecule has 8 rings (SSSR count). The summed E-state index contributed by atoms with van der Waals surface area (Å²) in [5.41, 5.74) is 1.67. The molecule has 0 saturated carbocycles. The number of nitrogens with zero attached hydrogens (tertiary/aromatic N) is 9. The molecule has 76 heavy (non-hydrogen) atoms. The fourth-order valence-corrected chi connectivity index (χ4v) is 8.81. The molecule has 0 fully saturated rings. The number of aliphatic hydroxyl groups is 1. The number of aliphatic hydroxyl groups excluding tert-OH is 1. The monoisotopic (exact) mass is 1110 g/mol. The summed E-state index contributed by atoms with van der Waals surface area (Å²) in [4.78, 5) is 33.8. The van der Waals surface area contributed by atoms with E-state index in [4.69, 9.17) is 35.3 Å². The quantitative estimate of drug-likeness (QED) is 0.0669. The van der Waals surface area contributed by atoms with E-state index in [0.29, 0.717) is 17.2 Å². The molecule has 390 valence electrons. The first-order valence-corrected chi connectivity index (χ1v) is 26.1.